The van der Waals surface area contributed by atoms with Gasteiger partial charge in [-0.1, -0.05) is 79.9 Å². The standard InChI is InChI=1S/C29H28N4O4.C21H20N4O2.C14H15N3O.C8H11NO.C7H8O/c1-19(2)28(34)36-16-15-22-7-6-8-25(18-22)32-30-23-9-11-24(12-10-23)31-33-26-13-14-27(21(5)17-26)37-29(35)20(3)4;1-15-13-20(9-10-21(15)27)25-23-18-7-5-17(6-8-18)22-24-19-4-2-3-16(14-19)11-12-26;15-12-4-6-13(7-5-12)16-17-14-3-1-2-11(10-14)8-9-18;9-8-3-1-2-7(6-8)4-5-10;1-6-4-2-3-5-7(6)8/h6-14,17-18H,1,3,15-16H2,2,4-5H3;2-10,13-14,26-27H,11-12H2,1H3;1-7,10,18H,8-9,15H2;1-3,6,10H,4-5,9H2;2-5,8H,1H3. The van der Waals surface area contributed by atoms with Gasteiger partial charge in [0.2, 0.25) is 0 Å². The van der Waals surface area contributed by atoms with Crippen LogP contribution in [0.2, 0.25) is 0 Å². The molecule has 0 saturated carbocycles. The molecular formula is C79H82N12O9. The van der Waals surface area contributed by atoms with Crippen LogP contribution in [0.4, 0.5) is 68.2 Å². The zero-order valence-corrected chi connectivity index (χ0v) is 56.5. The van der Waals surface area contributed by atoms with Gasteiger partial charge in [-0.05, 0) is 257 Å². The summed E-state index contributed by atoms with van der Waals surface area (Å²) in [7, 11) is 0. The van der Waals surface area contributed by atoms with Crippen LogP contribution in [0.5, 0.6) is 17.2 Å². The first-order valence-electron chi connectivity index (χ1n) is 31.7. The lowest BCUT2D eigenvalue weighted by atomic mass is 10.1. The summed E-state index contributed by atoms with van der Waals surface area (Å²) in [6.45, 7) is 16.6. The highest BCUT2D eigenvalue weighted by molar-refractivity contribution is 5.89. The summed E-state index contributed by atoms with van der Waals surface area (Å²) in [5.41, 5.74) is 26.9. The van der Waals surface area contributed by atoms with Gasteiger partial charge in [0.15, 0.2) is 0 Å². The van der Waals surface area contributed by atoms with Gasteiger partial charge < -0.3 is 46.5 Å². The Hall–Kier alpha value is -12.3. The number of nitrogen functional groups attached to an aromatic ring is 2. The number of aromatic hydroxyl groups is 2. The van der Waals surface area contributed by atoms with Crippen LogP contribution in [-0.2, 0) is 40.0 Å². The molecule has 21 heteroatoms. The first-order valence-corrected chi connectivity index (χ1v) is 31.7. The SMILES string of the molecule is C=C(C)C(=O)OCCc1cccc(N=Nc2ccc(N=Nc3ccc(OC(=O)C(=C)C)c(C)c3)cc2)c1.Cc1cc(N=Nc2ccc(N=Nc3cccc(CCO)c3)cc2)ccc1O.Cc1ccccc1O.Nc1ccc(N=Nc2cccc(CCO)c2)cc1.Nc1cccc(CCO)c1. The second-order valence-corrected chi connectivity index (χ2v) is 22.3. The summed E-state index contributed by atoms with van der Waals surface area (Å²) in [6.07, 6.45) is 2.49. The van der Waals surface area contributed by atoms with Gasteiger partial charge in [0.25, 0.3) is 0 Å². The van der Waals surface area contributed by atoms with E-state index in [1.807, 2.05) is 172 Å². The number of aliphatic hydroxyl groups excluding tert-OH is 3. The molecule has 0 bridgehead atoms. The highest BCUT2D eigenvalue weighted by Crippen LogP contribution is 2.30. The number of phenolic OH excluding ortho intramolecular Hbond substituents is 2. The first kappa shape index (κ1) is 76.7. The van der Waals surface area contributed by atoms with E-state index in [9.17, 15) is 14.7 Å². The molecular weight excluding hydrogens is 1260 g/mol. The Morgan fingerprint density at radius 3 is 1.06 bits per heavy atom. The van der Waals surface area contributed by atoms with Gasteiger partial charge in [-0.2, -0.15) is 51.1 Å². The van der Waals surface area contributed by atoms with E-state index in [1.165, 1.54) is 0 Å². The highest BCUT2D eigenvalue weighted by Gasteiger charge is 2.09. The van der Waals surface area contributed by atoms with E-state index < -0.39 is 11.9 Å². The van der Waals surface area contributed by atoms with Crippen molar-refractivity contribution in [3.8, 4) is 17.2 Å². The van der Waals surface area contributed by atoms with Crippen molar-refractivity contribution >= 4 is 80.2 Å². The van der Waals surface area contributed by atoms with E-state index in [0.29, 0.717) is 93.8 Å². The molecule has 0 saturated heterocycles. The summed E-state index contributed by atoms with van der Waals surface area (Å²) in [4.78, 5) is 23.2. The van der Waals surface area contributed by atoms with Crippen molar-refractivity contribution in [3.05, 3.63) is 294 Å². The Labute approximate surface area is 582 Å². The van der Waals surface area contributed by atoms with Crippen molar-refractivity contribution in [2.75, 3.05) is 37.9 Å². The largest absolute Gasteiger partial charge is 0.508 e. The van der Waals surface area contributed by atoms with Crippen LogP contribution in [0, 0.1) is 20.8 Å². The molecule has 0 aliphatic rings. The highest BCUT2D eigenvalue weighted by atomic mass is 16.5. The van der Waals surface area contributed by atoms with Gasteiger partial charge in [0.1, 0.15) is 17.2 Å². The van der Waals surface area contributed by atoms with Gasteiger partial charge in [0, 0.05) is 48.8 Å². The minimum atomic E-state index is -0.468. The molecule has 10 aromatic carbocycles. The average Bonchev–Trinajstić information content (AvgIpc) is 0.940. The third-order valence-electron chi connectivity index (χ3n) is 13.9. The Balaban J connectivity index is 0.000000217. The molecule has 0 fully saturated rings. The number of nitrogens with zero attached hydrogens (tertiary/aromatic N) is 10. The molecule has 0 aromatic heterocycles. The van der Waals surface area contributed by atoms with E-state index in [-0.39, 0.29) is 32.2 Å². The number of ether oxygens (including phenoxy) is 2. The summed E-state index contributed by atoms with van der Waals surface area (Å²) in [5, 5.41) is 87.0. The fourth-order valence-electron chi connectivity index (χ4n) is 8.40. The van der Waals surface area contributed by atoms with Crippen LogP contribution < -0.4 is 16.2 Å². The molecule has 0 unspecified atom stereocenters. The number of para-hydroxylation sites is 1. The topological polar surface area (TPSA) is 329 Å². The number of aryl methyl sites for hydroxylation is 3. The Bertz CT molecular complexity index is 4420. The smallest absolute Gasteiger partial charge is 0.338 e. The third kappa shape index (κ3) is 28.6. The number of rotatable bonds is 22. The minimum absolute atomic E-state index is 0.111. The lowest BCUT2D eigenvalue weighted by molar-refractivity contribution is -0.138. The van der Waals surface area contributed by atoms with Gasteiger partial charge in [-0.3, -0.25) is 0 Å². The molecule has 0 atom stereocenters. The second kappa shape index (κ2) is 41.6. The van der Waals surface area contributed by atoms with Crippen molar-refractivity contribution in [1.29, 1.82) is 0 Å². The Morgan fingerprint density at radius 1 is 0.350 bits per heavy atom. The molecule has 512 valence electrons. The van der Waals surface area contributed by atoms with Crippen LogP contribution in [0.15, 0.2) is 306 Å². The Morgan fingerprint density at radius 2 is 0.690 bits per heavy atom. The molecule has 0 heterocycles. The summed E-state index contributed by atoms with van der Waals surface area (Å²) >= 11 is 0. The number of hydrogen-bond acceptors (Lipinski definition) is 21. The summed E-state index contributed by atoms with van der Waals surface area (Å²) in [5.74, 6) is 0.203. The number of benzene rings is 10. The van der Waals surface area contributed by atoms with E-state index in [0.717, 1.165) is 61.7 Å². The number of carbonyl (C=O) groups excluding carboxylic acids is 2. The van der Waals surface area contributed by atoms with Crippen molar-refractivity contribution in [1.82, 2.24) is 0 Å². The van der Waals surface area contributed by atoms with Gasteiger partial charge in [-0.25, -0.2) is 9.59 Å². The number of phenols is 2. The number of esters is 2. The molecule has 9 N–H and O–H groups in total. The maximum absolute atomic E-state index is 11.7. The molecule has 10 rings (SSSR count). The fraction of sp³-hybridized carbons (Fsp3) is 0.165. The number of azo groups is 5. The van der Waals surface area contributed by atoms with Crippen LogP contribution in [0.25, 0.3) is 0 Å². The van der Waals surface area contributed by atoms with E-state index in [2.05, 4.69) is 64.3 Å². The molecule has 0 amide bonds. The van der Waals surface area contributed by atoms with Crippen molar-refractivity contribution < 1.29 is 44.6 Å². The number of nitrogens with two attached hydrogens (primary N) is 2. The average molecular weight is 1340 g/mol. The first-order chi connectivity index (χ1) is 48.2. The van der Waals surface area contributed by atoms with Gasteiger partial charge in [0.05, 0.1) is 63.5 Å². The van der Waals surface area contributed by atoms with Crippen LogP contribution in [-0.4, -0.2) is 63.9 Å². The van der Waals surface area contributed by atoms with Crippen molar-refractivity contribution in [2.24, 2.45) is 51.1 Å². The monoisotopic (exact) mass is 1340 g/mol. The quantitative estimate of drug-likeness (QED) is 0.0110. The summed E-state index contributed by atoms with van der Waals surface area (Å²) < 4.78 is 10.4. The van der Waals surface area contributed by atoms with Crippen molar-refractivity contribution in [2.45, 2.75) is 60.3 Å². The van der Waals surface area contributed by atoms with E-state index in [4.69, 9.17) is 41.4 Å². The lowest BCUT2D eigenvalue weighted by Crippen LogP contribution is -2.08. The maximum Gasteiger partial charge on any atom is 0.338 e. The minimum Gasteiger partial charge on any atom is -0.508 e. The lowest BCUT2D eigenvalue weighted by Gasteiger charge is -2.07. The van der Waals surface area contributed by atoms with E-state index >= 15 is 0 Å². The van der Waals surface area contributed by atoms with Gasteiger partial charge >= 0.3 is 11.9 Å². The summed E-state index contributed by atoms with van der Waals surface area (Å²) in [6, 6.07) is 69.5. The molecule has 100 heavy (non-hydrogen) atoms. The molecule has 10 aromatic rings. The molecule has 0 spiro atoms. The molecule has 0 radical (unpaired) electrons. The number of aliphatic hydroxyl groups is 3. The predicted molar refractivity (Wildman–Crippen MR) is 394 cm³/mol. The van der Waals surface area contributed by atoms with Gasteiger partial charge in [-0.15, -0.1) is 0 Å². The zero-order valence-electron chi connectivity index (χ0n) is 56.5. The van der Waals surface area contributed by atoms with E-state index in [1.54, 1.807) is 92.7 Å². The molecule has 21 nitrogen and oxygen atoms in total. The zero-order chi connectivity index (χ0) is 72.0. The predicted octanol–water partition coefficient (Wildman–Crippen LogP) is 19.8. The molecule has 0 aliphatic heterocycles. The third-order valence-corrected chi connectivity index (χ3v) is 13.9. The fourth-order valence-corrected chi connectivity index (χ4v) is 8.40. The van der Waals surface area contributed by atoms with Crippen LogP contribution in [0.3, 0.4) is 0 Å². The molecule has 0 aliphatic carbocycles. The maximum atomic E-state index is 11.7. The number of carbonyl (C=O) groups is 2. The number of anilines is 2. The normalized spacial score (nSPS) is 10.8. The number of hydrogen-bond donors (Lipinski definition) is 7. The Kier molecular flexibility index (Phi) is 31.9. The van der Waals surface area contributed by atoms with Crippen LogP contribution in [0.1, 0.15) is 52.8 Å². The second-order valence-electron chi connectivity index (χ2n) is 22.3. The van der Waals surface area contributed by atoms with Crippen LogP contribution >= 0.6 is 0 Å². The van der Waals surface area contributed by atoms with Crippen molar-refractivity contribution in [3.63, 3.8) is 0 Å².